The predicted molar refractivity (Wildman–Crippen MR) is 108 cm³/mol. The highest BCUT2D eigenvalue weighted by Gasteiger charge is 2.20. The van der Waals surface area contributed by atoms with E-state index in [0.29, 0.717) is 44.9 Å². The van der Waals surface area contributed by atoms with Gasteiger partial charge in [-0.15, -0.1) is 0 Å². The fourth-order valence-electron chi connectivity index (χ4n) is 3.20. The lowest BCUT2D eigenvalue weighted by atomic mass is 9.98. The summed E-state index contributed by atoms with van der Waals surface area (Å²) in [5.41, 5.74) is 8.58. The molecular formula is C22H18FN3O3. The first-order chi connectivity index (χ1) is 14.0. The lowest BCUT2D eigenvalue weighted by molar-refractivity contribution is 0.103. The van der Waals surface area contributed by atoms with Crippen LogP contribution in [0.2, 0.25) is 0 Å². The third-order valence-corrected chi connectivity index (χ3v) is 4.68. The van der Waals surface area contributed by atoms with Gasteiger partial charge in [-0.3, -0.25) is 4.79 Å². The Balaban J connectivity index is 1.70. The summed E-state index contributed by atoms with van der Waals surface area (Å²) in [6, 6.07) is 11.1. The number of carbonyl (C=O) groups excluding carboxylic acids is 1. The molecule has 0 unspecified atom stereocenters. The van der Waals surface area contributed by atoms with Crippen molar-refractivity contribution in [2.24, 2.45) is 0 Å². The SMILES string of the molecule is COc1cnc2[nH]cc(C(=O)c3ccc(Oc4ccccc4F)cc3C)c2c1N. The van der Waals surface area contributed by atoms with E-state index in [1.165, 1.54) is 19.4 Å². The van der Waals surface area contributed by atoms with Crippen LogP contribution < -0.4 is 15.2 Å². The molecule has 0 atom stereocenters. The first-order valence-electron chi connectivity index (χ1n) is 8.87. The maximum absolute atomic E-state index is 13.8. The summed E-state index contributed by atoms with van der Waals surface area (Å²) >= 11 is 0. The van der Waals surface area contributed by atoms with Crippen LogP contribution in [-0.2, 0) is 0 Å². The fraction of sp³-hybridized carbons (Fsp3) is 0.0909. The van der Waals surface area contributed by atoms with Crippen molar-refractivity contribution in [1.29, 1.82) is 0 Å². The highest BCUT2D eigenvalue weighted by atomic mass is 19.1. The van der Waals surface area contributed by atoms with Crippen molar-refractivity contribution in [3.8, 4) is 17.2 Å². The molecule has 0 amide bonds. The number of aryl methyl sites for hydroxylation is 1. The molecule has 0 radical (unpaired) electrons. The molecule has 4 aromatic rings. The number of methoxy groups -OCH3 is 1. The number of ether oxygens (including phenoxy) is 2. The van der Waals surface area contributed by atoms with E-state index in [9.17, 15) is 9.18 Å². The van der Waals surface area contributed by atoms with Gasteiger partial charge >= 0.3 is 0 Å². The molecule has 0 aliphatic carbocycles. The van der Waals surface area contributed by atoms with Gasteiger partial charge < -0.3 is 20.2 Å². The number of pyridine rings is 1. The van der Waals surface area contributed by atoms with Crippen molar-refractivity contribution in [3.63, 3.8) is 0 Å². The van der Waals surface area contributed by atoms with Crippen LogP contribution in [0.3, 0.4) is 0 Å². The van der Waals surface area contributed by atoms with Crippen LogP contribution in [0.1, 0.15) is 21.5 Å². The Bertz CT molecular complexity index is 1230. The van der Waals surface area contributed by atoms with Crippen LogP contribution in [0.15, 0.2) is 54.9 Å². The van der Waals surface area contributed by atoms with Crippen LogP contribution in [-0.4, -0.2) is 22.9 Å². The predicted octanol–water partition coefficient (Wildman–Crippen LogP) is 4.62. The smallest absolute Gasteiger partial charge is 0.195 e. The lowest BCUT2D eigenvalue weighted by Crippen LogP contribution is -2.05. The Kier molecular flexibility index (Phi) is 4.64. The number of aromatic nitrogens is 2. The molecular weight excluding hydrogens is 373 g/mol. The van der Waals surface area contributed by atoms with Gasteiger partial charge in [0.15, 0.2) is 23.1 Å². The third kappa shape index (κ3) is 3.27. The second kappa shape index (κ2) is 7.27. The molecule has 0 spiro atoms. The Morgan fingerprint density at radius 2 is 1.93 bits per heavy atom. The van der Waals surface area contributed by atoms with Gasteiger partial charge in [-0.1, -0.05) is 12.1 Å². The van der Waals surface area contributed by atoms with Gasteiger partial charge in [0.1, 0.15) is 11.4 Å². The van der Waals surface area contributed by atoms with E-state index in [4.69, 9.17) is 15.2 Å². The number of H-pyrrole nitrogens is 1. The van der Waals surface area contributed by atoms with Crippen LogP contribution >= 0.6 is 0 Å². The molecule has 146 valence electrons. The van der Waals surface area contributed by atoms with Gasteiger partial charge in [0.05, 0.1) is 29.9 Å². The maximum Gasteiger partial charge on any atom is 0.195 e. The van der Waals surface area contributed by atoms with E-state index in [0.717, 1.165) is 0 Å². The average Bonchev–Trinajstić information content (AvgIpc) is 3.15. The molecule has 7 heteroatoms. The number of nitrogens with one attached hydrogen (secondary N) is 1. The topological polar surface area (TPSA) is 90.2 Å². The number of anilines is 1. The Labute approximate surface area is 166 Å². The lowest BCUT2D eigenvalue weighted by Gasteiger charge is -2.10. The van der Waals surface area contributed by atoms with Crippen molar-refractivity contribution in [2.45, 2.75) is 6.92 Å². The maximum atomic E-state index is 13.8. The molecule has 0 saturated carbocycles. The van der Waals surface area contributed by atoms with E-state index in [1.54, 1.807) is 49.5 Å². The Morgan fingerprint density at radius 3 is 2.66 bits per heavy atom. The van der Waals surface area contributed by atoms with Crippen LogP contribution in [0.4, 0.5) is 10.1 Å². The zero-order valence-corrected chi connectivity index (χ0v) is 15.8. The quantitative estimate of drug-likeness (QED) is 0.484. The number of nitrogens with two attached hydrogens (primary N) is 1. The normalized spacial score (nSPS) is 10.9. The number of ketones is 1. The molecule has 0 saturated heterocycles. The molecule has 0 aliphatic rings. The second-order valence-electron chi connectivity index (χ2n) is 6.50. The summed E-state index contributed by atoms with van der Waals surface area (Å²) in [5, 5.41) is 0.514. The number of nitrogens with zero attached hydrogens (tertiary/aromatic N) is 1. The number of halogens is 1. The van der Waals surface area contributed by atoms with Crippen molar-refractivity contribution in [3.05, 3.63) is 77.4 Å². The van der Waals surface area contributed by atoms with Crippen molar-refractivity contribution < 1.29 is 18.7 Å². The second-order valence-corrected chi connectivity index (χ2v) is 6.50. The molecule has 2 aromatic carbocycles. The third-order valence-electron chi connectivity index (χ3n) is 4.68. The highest BCUT2D eigenvalue weighted by Crippen LogP contribution is 2.33. The largest absolute Gasteiger partial charge is 0.493 e. The minimum Gasteiger partial charge on any atom is -0.493 e. The highest BCUT2D eigenvalue weighted by molar-refractivity contribution is 6.19. The molecule has 29 heavy (non-hydrogen) atoms. The van der Waals surface area contributed by atoms with E-state index in [-0.39, 0.29) is 11.5 Å². The molecule has 0 bridgehead atoms. The summed E-state index contributed by atoms with van der Waals surface area (Å²) in [7, 11) is 1.49. The van der Waals surface area contributed by atoms with Gasteiger partial charge in [0.2, 0.25) is 0 Å². The van der Waals surface area contributed by atoms with Crippen molar-refractivity contribution in [1.82, 2.24) is 9.97 Å². The van der Waals surface area contributed by atoms with Crippen LogP contribution in [0, 0.1) is 12.7 Å². The summed E-state index contributed by atoms with van der Waals surface area (Å²) in [5.74, 6) is 0.282. The summed E-state index contributed by atoms with van der Waals surface area (Å²) in [6.07, 6.45) is 3.08. The van der Waals surface area contributed by atoms with Crippen LogP contribution in [0.25, 0.3) is 11.0 Å². The van der Waals surface area contributed by atoms with Crippen molar-refractivity contribution >= 4 is 22.5 Å². The molecule has 6 nitrogen and oxygen atoms in total. The number of hydrogen-bond donors (Lipinski definition) is 2. The standard InChI is InChI=1S/C22H18FN3O3/c1-12-9-13(29-17-6-4-3-5-16(17)23)7-8-14(12)21(27)15-10-25-22-19(15)20(24)18(28-2)11-26-22/h3-11H,1-2H3,(H3,24,25,26). The Morgan fingerprint density at radius 1 is 1.14 bits per heavy atom. The van der Waals surface area contributed by atoms with E-state index >= 15 is 0 Å². The number of hydrogen-bond acceptors (Lipinski definition) is 5. The molecule has 4 rings (SSSR count). The van der Waals surface area contributed by atoms with Crippen molar-refractivity contribution in [2.75, 3.05) is 12.8 Å². The van der Waals surface area contributed by atoms with Gasteiger partial charge in [-0.05, 0) is 42.8 Å². The van der Waals surface area contributed by atoms with Gasteiger partial charge in [0, 0.05) is 11.8 Å². The summed E-state index contributed by atoms with van der Waals surface area (Å²) in [6.45, 7) is 1.79. The fourth-order valence-corrected chi connectivity index (χ4v) is 3.20. The average molecular weight is 391 g/mol. The molecule has 2 aromatic heterocycles. The number of carbonyl (C=O) groups is 1. The number of aromatic amines is 1. The number of nitrogen functional groups attached to an aromatic ring is 1. The zero-order chi connectivity index (χ0) is 20.5. The number of para-hydroxylation sites is 1. The van der Waals surface area contributed by atoms with Gasteiger partial charge in [-0.25, -0.2) is 9.37 Å². The van der Waals surface area contributed by atoms with Gasteiger partial charge in [-0.2, -0.15) is 0 Å². The Hall–Kier alpha value is -3.87. The molecule has 2 heterocycles. The number of benzene rings is 2. The zero-order valence-electron chi connectivity index (χ0n) is 15.8. The molecule has 3 N–H and O–H groups in total. The molecule has 0 aliphatic heterocycles. The summed E-state index contributed by atoms with van der Waals surface area (Å²) in [4.78, 5) is 20.4. The van der Waals surface area contributed by atoms with E-state index in [2.05, 4.69) is 9.97 Å². The van der Waals surface area contributed by atoms with E-state index in [1.807, 2.05) is 0 Å². The minimum absolute atomic E-state index is 0.119. The number of fused-ring (bicyclic) bond motifs is 1. The first kappa shape index (κ1) is 18.5. The first-order valence-corrected chi connectivity index (χ1v) is 8.87. The minimum atomic E-state index is -0.457. The molecule has 0 fully saturated rings. The van der Waals surface area contributed by atoms with Crippen LogP contribution in [0.5, 0.6) is 17.2 Å². The van der Waals surface area contributed by atoms with Gasteiger partial charge in [0.25, 0.3) is 0 Å². The number of rotatable bonds is 5. The summed E-state index contributed by atoms with van der Waals surface area (Å²) < 4.78 is 24.6. The monoisotopic (exact) mass is 391 g/mol. The van der Waals surface area contributed by atoms with E-state index < -0.39 is 5.82 Å².